The molecule has 1 aliphatic carbocycles. The van der Waals surface area contributed by atoms with Crippen LogP contribution >= 0.6 is 11.6 Å². The number of benzene rings is 1. The lowest BCUT2D eigenvalue weighted by Gasteiger charge is -2.37. The quantitative estimate of drug-likeness (QED) is 0.360. The second kappa shape index (κ2) is 10.1. The summed E-state index contributed by atoms with van der Waals surface area (Å²) in [6.07, 6.45) is 8.21. The average Bonchev–Trinajstić information content (AvgIpc) is 2.64. The maximum absolute atomic E-state index is 7.10. The highest BCUT2D eigenvalue weighted by Crippen LogP contribution is 2.42. The second-order valence-corrected chi connectivity index (χ2v) is 15.1. The molecule has 0 heterocycles. The molecule has 1 aromatic carbocycles. The topological polar surface area (TPSA) is 9.23 Å². The molecule has 0 bridgehead atoms. The molecular formula is C25H43ClOSi. The van der Waals surface area contributed by atoms with Crippen molar-refractivity contribution in [1.82, 2.24) is 0 Å². The van der Waals surface area contributed by atoms with Crippen molar-refractivity contribution in [3.63, 3.8) is 0 Å². The van der Waals surface area contributed by atoms with Crippen molar-refractivity contribution in [1.29, 1.82) is 0 Å². The van der Waals surface area contributed by atoms with Gasteiger partial charge in [0.15, 0.2) is 8.32 Å². The van der Waals surface area contributed by atoms with Crippen LogP contribution in [0.5, 0.6) is 0 Å². The fraction of sp³-hybridized carbons (Fsp3) is 0.760. The van der Waals surface area contributed by atoms with Crippen molar-refractivity contribution >= 4 is 19.9 Å². The van der Waals surface area contributed by atoms with Gasteiger partial charge in [0, 0.05) is 5.02 Å². The molecule has 0 aromatic heterocycles. The maximum Gasteiger partial charge on any atom is 0.192 e. The van der Waals surface area contributed by atoms with E-state index in [2.05, 4.69) is 60.6 Å². The molecule has 0 aliphatic heterocycles. The minimum atomic E-state index is -1.67. The van der Waals surface area contributed by atoms with Crippen LogP contribution in [0.2, 0.25) is 23.2 Å². The highest BCUT2D eigenvalue weighted by Gasteiger charge is 2.34. The molecule has 28 heavy (non-hydrogen) atoms. The summed E-state index contributed by atoms with van der Waals surface area (Å²) in [5.41, 5.74) is 4.55. The van der Waals surface area contributed by atoms with E-state index in [9.17, 15) is 0 Å². The molecule has 1 aliphatic rings. The van der Waals surface area contributed by atoms with Crippen molar-refractivity contribution < 1.29 is 4.43 Å². The molecule has 0 saturated heterocycles. The summed E-state index contributed by atoms with van der Waals surface area (Å²) in [6, 6.07) is 7.87. The van der Waals surface area contributed by atoms with Gasteiger partial charge in [0.1, 0.15) is 0 Å². The summed E-state index contributed by atoms with van der Waals surface area (Å²) in [4.78, 5) is 0. The van der Waals surface area contributed by atoms with Crippen molar-refractivity contribution in [2.24, 2.45) is 11.3 Å². The third-order valence-electron chi connectivity index (χ3n) is 7.50. The first kappa shape index (κ1) is 24.0. The lowest BCUT2D eigenvalue weighted by Crippen LogP contribution is -2.37. The van der Waals surface area contributed by atoms with Gasteiger partial charge in [-0.2, -0.15) is 0 Å². The first-order chi connectivity index (χ1) is 13.1. The lowest BCUT2D eigenvalue weighted by molar-refractivity contribution is 0.141. The second-order valence-electron chi connectivity index (χ2n) is 9.99. The van der Waals surface area contributed by atoms with Crippen LogP contribution in [0.3, 0.4) is 0 Å². The summed E-state index contributed by atoms with van der Waals surface area (Å²) in [7, 11) is -1.67. The highest BCUT2D eigenvalue weighted by molar-refractivity contribution is 6.73. The molecule has 0 N–H and O–H groups in total. The van der Waals surface area contributed by atoms with Crippen molar-refractivity contribution in [2.45, 2.75) is 111 Å². The fourth-order valence-corrected chi connectivity index (χ4v) is 8.30. The molecule has 1 aromatic rings. The Balaban J connectivity index is 2.22. The van der Waals surface area contributed by atoms with Gasteiger partial charge < -0.3 is 4.43 Å². The van der Waals surface area contributed by atoms with E-state index in [1.165, 1.54) is 66.9 Å². The van der Waals surface area contributed by atoms with Gasteiger partial charge in [-0.3, -0.25) is 0 Å². The van der Waals surface area contributed by atoms with Gasteiger partial charge in [0.05, 0.1) is 6.10 Å². The lowest BCUT2D eigenvalue weighted by atomic mass is 9.72. The Hall–Kier alpha value is -0.313. The van der Waals surface area contributed by atoms with Crippen LogP contribution in [0.4, 0.5) is 0 Å². The maximum atomic E-state index is 7.10. The summed E-state index contributed by atoms with van der Waals surface area (Å²) in [5, 5.41) is 0.844. The minimum absolute atomic E-state index is 0.235. The van der Waals surface area contributed by atoms with E-state index in [1.54, 1.807) is 0 Å². The highest BCUT2D eigenvalue weighted by atomic mass is 35.5. The van der Waals surface area contributed by atoms with E-state index >= 15 is 0 Å². The summed E-state index contributed by atoms with van der Waals surface area (Å²) < 4.78 is 7.10. The number of hydrogen-bond acceptors (Lipinski definition) is 1. The predicted octanol–water partition coefficient (Wildman–Crippen LogP) is 9.02. The van der Waals surface area contributed by atoms with Crippen LogP contribution in [0.1, 0.15) is 95.9 Å². The molecule has 1 unspecified atom stereocenters. The van der Waals surface area contributed by atoms with E-state index in [-0.39, 0.29) is 6.10 Å². The summed E-state index contributed by atoms with van der Waals surface area (Å²) >= 11 is 6.34. The third kappa shape index (κ3) is 6.09. The van der Waals surface area contributed by atoms with E-state index in [0.29, 0.717) is 5.41 Å². The summed E-state index contributed by atoms with van der Waals surface area (Å²) in [5.74, 6) is 0.869. The number of rotatable bonds is 9. The Morgan fingerprint density at radius 1 is 1.04 bits per heavy atom. The van der Waals surface area contributed by atoms with Crippen LogP contribution in [0, 0.1) is 25.2 Å². The van der Waals surface area contributed by atoms with Crippen LogP contribution in [-0.4, -0.2) is 8.32 Å². The van der Waals surface area contributed by atoms with Gasteiger partial charge in [0.25, 0.3) is 0 Å². The number of aryl methyl sites for hydroxylation is 2. The first-order valence-corrected chi connectivity index (χ1v) is 14.5. The van der Waals surface area contributed by atoms with Crippen molar-refractivity contribution in [3.8, 4) is 0 Å². The largest absolute Gasteiger partial charge is 0.410 e. The third-order valence-corrected chi connectivity index (χ3v) is 12.4. The average molecular weight is 423 g/mol. The Kier molecular flexibility index (Phi) is 8.67. The van der Waals surface area contributed by atoms with Gasteiger partial charge in [-0.25, -0.2) is 0 Å². The van der Waals surface area contributed by atoms with Crippen LogP contribution in [0.25, 0.3) is 0 Å². The number of hydrogen-bond donors (Lipinski definition) is 0. The Morgan fingerprint density at radius 3 is 2.00 bits per heavy atom. The van der Waals surface area contributed by atoms with E-state index in [4.69, 9.17) is 16.0 Å². The zero-order chi connectivity index (χ0) is 20.9. The van der Waals surface area contributed by atoms with Crippen molar-refractivity contribution in [3.05, 3.63) is 33.8 Å². The van der Waals surface area contributed by atoms with Crippen molar-refractivity contribution in [2.75, 3.05) is 0 Å². The molecule has 1 fully saturated rings. The Labute approximate surface area is 180 Å². The van der Waals surface area contributed by atoms with Crippen LogP contribution in [-0.2, 0) is 4.43 Å². The molecule has 0 radical (unpaired) electrons. The molecule has 1 nitrogen and oxygen atoms in total. The van der Waals surface area contributed by atoms with E-state index in [1.807, 2.05) is 0 Å². The molecule has 1 saturated carbocycles. The smallest absolute Gasteiger partial charge is 0.192 e. The monoisotopic (exact) mass is 422 g/mol. The molecule has 160 valence electrons. The molecule has 0 spiro atoms. The predicted molar refractivity (Wildman–Crippen MR) is 127 cm³/mol. The summed E-state index contributed by atoms with van der Waals surface area (Å²) in [6.45, 7) is 16.3. The van der Waals surface area contributed by atoms with Gasteiger partial charge in [-0.15, -0.1) is 0 Å². The first-order valence-electron chi connectivity index (χ1n) is 11.6. The van der Waals surface area contributed by atoms with Gasteiger partial charge in [0.2, 0.25) is 0 Å². The number of halogens is 1. The fourth-order valence-electron chi connectivity index (χ4n) is 5.13. The van der Waals surface area contributed by atoms with Gasteiger partial charge in [-0.1, -0.05) is 46.2 Å². The van der Waals surface area contributed by atoms with Gasteiger partial charge >= 0.3 is 0 Å². The zero-order valence-electron chi connectivity index (χ0n) is 19.5. The minimum Gasteiger partial charge on any atom is -0.410 e. The normalized spacial score (nSPS) is 19.0. The van der Waals surface area contributed by atoms with E-state index in [0.717, 1.165) is 17.4 Å². The molecule has 0 amide bonds. The SMILES string of the molecule is CC[Si](CC)(CC)OC(CCC1CCC(C)(C)CC1)c1c(C)cc(Cl)cc1C. The molecule has 2 rings (SSSR count). The molecular weight excluding hydrogens is 380 g/mol. The van der Waals surface area contributed by atoms with Crippen LogP contribution in [0.15, 0.2) is 12.1 Å². The Bertz CT molecular complexity index is 594. The molecule has 3 heteroatoms. The van der Waals surface area contributed by atoms with Gasteiger partial charge in [-0.05, 0) is 111 Å². The Morgan fingerprint density at radius 2 is 1.54 bits per heavy atom. The zero-order valence-corrected chi connectivity index (χ0v) is 21.2. The molecule has 1 atom stereocenters. The standard InChI is InChI=1S/C25H43ClOSi/c1-8-28(9-2,10-3)27-23(24-19(4)17-22(26)18-20(24)5)12-11-21-13-15-25(6,7)16-14-21/h17-18,21,23H,8-16H2,1-7H3. The van der Waals surface area contributed by atoms with Crippen LogP contribution < -0.4 is 0 Å². The van der Waals surface area contributed by atoms with E-state index < -0.39 is 8.32 Å².